The number of aromatic nitrogens is 2. The molecule has 23 heavy (non-hydrogen) atoms. The van der Waals surface area contributed by atoms with Gasteiger partial charge >= 0.3 is 0 Å². The molecule has 0 aliphatic heterocycles. The molecule has 0 radical (unpaired) electrons. The van der Waals surface area contributed by atoms with Crippen molar-refractivity contribution in [2.45, 2.75) is 63.6 Å². The van der Waals surface area contributed by atoms with Crippen LogP contribution in [0, 0.1) is 13.8 Å². The van der Waals surface area contributed by atoms with Crippen molar-refractivity contribution < 1.29 is 8.42 Å². The molecule has 0 unspecified atom stereocenters. The molecule has 1 saturated carbocycles. The van der Waals surface area contributed by atoms with Gasteiger partial charge in [-0.25, -0.2) is 17.7 Å². The Hall–Kier alpha value is -0.530. The van der Waals surface area contributed by atoms with E-state index in [4.69, 9.17) is 4.98 Å². The molecule has 0 saturated heterocycles. The first-order valence-electron chi connectivity index (χ1n) is 8.41. The second kappa shape index (κ2) is 8.03. The third-order valence-corrected chi connectivity index (χ3v) is 7.58. The maximum Gasteiger partial charge on any atom is 0.213 e. The van der Waals surface area contributed by atoms with Gasteiger partial charge in [-0.2, -0.15) is 0 Å². The van der Waals surface area contributed by atoms with E-state index >= 15 is 0 Å². The Morgan fingerprint density at radius 3 is 2.48 bits per heavy atom. The van der Waals surface area contributed by atoms with E-state index in [1.165, 1.54) is 42.1 Å². The molecule has 0 amide bonds. The molecule has 1 aliphatic rings. The van der Waals surface area contributed by atoms with Gasteiger partial charge in [-0.05, 0) is 33.1 Å². The van der Waals surface area contributed by atoms with Crippen LogP contribution in [0.4, 0.5) is 0 Å². The lowest BCUT2D eigenvalue weighted by Gasteiger charge is -2.26. The van der Waals surface area contributed by atoms with Gasteiger partial charge in [0.25, 0.3) is 0 Å². The lowest BCUT2D eigenvalue weighted by molar-refractivity contribution is 0.332. The van der Waals surface area contributed by atoms with E-state index < -0.39 is 10.0 Å². The minimum absolute atomic E-state index is 0.203. The minimum atomic E-state index is -3.09. The number of sulfonamides is 1. The van der Waals surface area contributed by atoms with Gasteiger partial charge in [0.1, 0.15) is 0 Å². The average molecular weight is 360 g/mol. The van der Waals surface area contributed by atoms with Crippen molar-refractivity contribution in [2.24, 2.45) is 0 Å². The predicted molar refractivity (Wildman–Crippen MR) is 96.6 cm³/mol. The van der Waals surface area contributed by atoms with E-state index in [1.54, 1.807) is 25.9 Å². The lowest BCUT2D eigenvalue weighted by Crippen LogP contribution is -2.25. The molecular weight excluding hydrogens is 330 g/mol. The molecule has 7 heteroatoms. The fourth-order valence-corrected chi connectivity index (χ4v) is 5.21. The summed E-state index contributed by atoms with van der Waals surface area (Å²) in [7, 11) is 0.0832. The van der Waals surface area contributed by atoms with Crippen molar-refractivity contribution in [1.29, 1.82) is 0 Å². The molecule has 5 nitrogen and oxygen atoms in total. The molecule has 1 aliphatic carbocycles. The zero-order valence-corrected chi connectivity index (χ0v) is 16.3. The Bertz CT molecular complexity index is 618. The molecule has 2 rings (SSSR count). The second-order valence-electron chi connectivity index (χ2n) is 6.53. The molecule has 0 spiro atoms. The second-order valence-corrected chi connectivity index (χ2v) is 9.89. The maximum absolute atomic E-state index is 11.8. The Labute approximate surface area is 144 Å². The van der Waals surface area contributed by atoms with Crippen molar-refractivity contribution in [3.8, 4) is 0 Å². The van der Waals surface area contributed by atoms with Crippen molar-refractivity contribution in [2.75, 3.05) is 25.6 Å². The third-order valence-electron chi connectivity index (χ3n) is 4.63. The summed E-state index contributed by atoms with van der Waals surface area (Å²) >= 11 is 1.70. The number of thioether (sulfide) groups is 1. The van der Waals surface area contributed by atoms with Crippen LogP contribution >= 0.6 is 11.8 Å². The Balaban J connectivity index is 1.99. The van der Waals surface area contributed by atoms with Crippen LogP contribution < -0.4 is 0 Å². The molecule has 0 aromatic carbocycles. The van der Waals surface area contributed by atoms with Gasteiger partial charge in [-0.1, -0.05) is 31.0 Å². The summed E-state index contributed by atoms with van der Waals surface area (Å²) in [4.78, 5) is 4.72. The van der Waals surface area contributed by atoms with Crippen LogP contribution in [-0.4, -0.2) is 47.9 Å². The minimum Gasteiger partial charge on any atom is -0.320 e. The van der Waals surface area contributed by atoms with Gasteiger partial charge in [0.2, 0.25) is 10.0 Å². The van der Waals surface area contributed by atoms with Gasteiger partial charge < -0.3 is 4.57 Å². The van der Waals surface area contributed by atoms with Crippen LogP contribution in [0.3, 0.4) is 0 Å². The molecule has 0 atom stereocenters. The van der Waals surface area contributed by atoms with Crippen molar-refractivity contribution in [3.63, 3.8) is 0 Å². The summed E-state index contributed by atoms with van der Waals surface area (Å²) in [5.74, 6) is 0.991. The summed E-state index contributed by atoms with van der Waals surface area (Å²) in [6.45, 7) is 4.22. The first-order chi connectivity index (χ1) is 10.8. The van der Waals surface area contributed by atoms with Gasteiger partial charge in [-0.15, -0.1) is 0 Å². The van der Waals surface area contributed by atoms with Crippen LogP contribution in [-0.2, 0) is 10.0 Å². The van der Waals surface area contributed by atoms with Crippen LogP contribution in [0.5, 0.6) is 0 Å². The molecule has 1 aromatic rings. The monoisotopic (exact) mass is 359 g/mol. The number of hydrogen-bond donors (Lipinski definition) is 0. The Morgan fingerprint density at radius 1 is 1.22 bits per heavy atom. The van der Waals surface area contributed by atoms with Gasteiger partial charge in [0.05, 0.1) is 11.4 Å². The van der Waals surface area contributed by atoms with Crippen LogP contribution in [0.25, 0.3) is 0 Å². The molecule has 1 heterocycles. The highest BCUT2D eigenvalue weighted by Gasteiger charge is 2.22. The highest BCUT2D eigenvalue weighted by molar-refractivity contribution is 7.99. The largest absolute Gasteiger partial charge is 0.320 e. The zero-order chi connectivity index (χ0) is 17.0. The summed E-state index contributed by atoms with van der Waals surface area (Å²) in [6, 6.07) is 0.568. The van der Waals surface area contributed by atoms with Crippen molar-refractivity contribution in [3.05, 3.63) is 11.4 Å². The molecule has 0 N–H and O–H groups in total. The van der Waals surface area contributed by atoms with Gasteiger partial charge in [0.15, 0.2) is 5.16 Å². The van der Waals surface area contributed by atoms with Crippen LogP contribution in [0.1, 0.15) is 56.0 Å². The summed E-state index contributed by atoms with van der Waals surface area (Å²) < 4.78 is 27.3. The topological polar surface area (TPSA) is 55.2 Å². The number of aryl methyl sites for hydroxylation is 1. The van der Waals surface area contributed by atoms with Gasteiger partial charge in [-0.3, -0.25) is 0 Å². The number of nitrogens with zero attached hydrogens (tertiary/aromatic N) is 3. The normalized spacial score (nSPS) is 17.1. The maximum atomic E-state index is 11.8. The summed E-state index contributed by atoms with van der Waals surface area (Å²) in [6.07, 6.45) is 7.06. The van der Waals surface area contributed by atoms with E-state index in [-0.39, 0.29) is 5.75 Å². The fourth-order valence-electron chi connectivity index (χ4n) is 3.05. The van der Waals surface area contributed by atoms with Crippen molar-refractivity contribution in [1.82, 2.24) is 13.9 Å². The summed E-state index contributed by atoms with van der Waals surface area (Å²) in [5, 5.41) is 1.06. The first kappa shape index (κ1) is 18.8. The SMILES string of the molecule is Cc1nc(SCCCS(=O)(=O)N(C)C)n(C2CCCCC2)c1C. The number of imidazole rings is 1. The van der Waals surface area contributed by atoms with Crippen LogP contribution in [0.2, 0.25) is 0 Å². The summed E-state index contributed by atoms with van der Waals surface area (Å²) in [5.41, 5.74) is 2.36. The standard InChI is InChI=1S/C16H29N3O2S2/c1-13-14(2)19(15-9-6-5-7-10-15)16(17-13)22-11-8-12-23(20,21)18(3)4/h15H,5-12H2,1-4H3. The smallest absolute Gasteiger partial charge is 0.213 e. The fraction of sp³-hybridized carbons (Fsp3) is 0.812. The van der Waals surface area contributed by atoms with E-state index in [0.717, 1.165) is 16.6 Å². The zero-order valence-electron chi connectivity index (χ0n) is 14.7. The molecule has 1 fully saturated rings. The van der Waals surface area contributed by atoms with Crippen LogP contribution in [0.15, 0.2) is 5.16 Å². The predicted octanol–water partition coefficient (Wildman–Crippen LogP) is 3.38. The van der Waals surface area contributed by atoms with E-state index in [0.29, 0.717) is 12.5 Å². The highest BCUT2D eigenvalue weighted by atomic mass is 32.2. The lowest BCUT2D eigenvalue weighted by atomic mass is 9.95. The quantitative estimate of drug-likeness (QED) is 0.553. The highest BCUT2D eigenvalue weighted by Crippen LogP contribution is 2.34. The van der Waals surface area contributed by atoms with Crippen molar-refractivity contribution >= 4 is 21.8 Å². The van der Waals surface area contributed by atoms with E-state index in [9.17, 15) is 8.42 Å². The average Bonchev–Trinajstić information content (AvgIpc) is 2.79. The Morgan fingerprint density at radius 2 is 1.87 bits per heavy atom. The van der Waals surface area contributed by atoms with Gasteiger partial charge in [0, 0.05) is 31.6 Å². The van der Waals surface area contributed by atoms with E-state index in [2.05, 4.69) is 18.4 Å². The number of hydrogen-bond acceptors (Lipinski definition) is 4. The van der Waals surface area contributed by atoms with E-state index in [1.807, 2.05) is 0 Å². The molecule has 0 bridgehead atoms. The first-order valence-corrected chi connectivity index (χ1v) is 11.0. The molecule has 132 valence electrons. The third kappa shape index (κ3) is 4.73. The molecule has 1 aromatic heterocycles. The number of rotatable bonds is 7. The molecular formula is C16H29N3O2S2. The Kier molecular flexibility index (Phi) is 6.57.